The molecular weight excluding hydrogens is 372 g/mol. The largest absolute Gasteiger partial charge is 0.347 e. The molecule has 6 rings (SSSR count). The zero-order valence-electron chi connectivity index (χ0n) is 17.0. The van der Waals surface area contributed by atoms with Crippen molar-refractivity contribution < 1.29 is 4.79 Å². The van der Waals surface area contributed by atoms with Crippen LogP contribution in [-0.4, -0.2) is 28.4 Å². The van der Waals surface area contributed by atoms with Gasteiger partial charge in [-0.05, 0) is 48.6 Å². The van der Waals surface area contributed by atoms with E-state index in [2.05, 4.69) is 34.1 Å². The molecule has 2 aliphatic carbocycles. The summed E-state index contributed by atoms with van der Waals surface area (Å²) in [6.07, 6.45) is 5.41. The third-order valence-electron chi connectivity index (χ3n) is 7.15. The minimum Gasteiger partial charge on any atom is -0.347 e. The van der Waals surface area contributed by atoms with Crippen molar-refractivity contribution in [1.82, 2.24) is 14.9 Å². The summed E-state index contributed by atoms with van der Waals surface area (Å²) in [5.74, 6) is 0.314. The fourth-order valence-corrected chi connectivity index (χ4v) is 5.56. The number of carbonyl (C=O) groups excluding carboxylic acids is 1. The number of nitriles is 1. The van der Waals surface area contributed by atoms with Crippen LogP contribution in [0.2, 0.25) is 0 Å². The Kier molecular flexibility index (Phi) is 3.60. The summed E-state index contributed by atoms with van der Waals surface area (Å²) in [5.41, 5.74) is 9.55. The molecule has 1 N–H and O–H groups in total. The highest BCUT2D eigenvalue weighted by Crippen LogP contribution is 2.46. The minimum atomic E-state index is 0.114. The maximum atomic E-state index is 13.2. The third kappa shape index (κ3) is 2.37. The predicted octanol–water partition coefficient (Wildman–Crippen LogP) is 3.44. The Bertz CT molecular complexity index is 1270. The second kappa shape index (κ2) is 6.13. The number of nitrogens with one attached hydrogen (secondary N) is 1. The van der Waals surface area contributed by atoms with Crippen molar-refractivity contribution in [2.75, 3.05) is 13.1 Å². The average Bonchev–Trinajstić information content (AvgIpc) is 3.05. The minimum absolute atomic E-state index is 0.114. The molecule has 148 valence electrons. The Balaban J connectivity index is 1.52. The van der Waals surface area contributed by atoms with E-state index in [1.165, 1.54) is 28.1 Å². The highest BCUT2D eigenvalue weighted by atomic mass is 16.1. The summed E-state index contributed by atoms with van der Waals surface area (Å²) in [6.45, 7) is 1.88. The number of benzene rings is 1. The SMILES string of the molecule is Cn1c2c(c3c1-c1cc(-c4cccc(C#N)c4)ncc1CC3)C(=O)CC1(CNC1)C2. The molecule has 2 aromatic heterocycles. The summed E-state index contributed by atoms with van der Waals surface area (Å²) in [4.78, 5) is 17.9. The fourth-order valence-electron chi connectivity index (χ4n) is 5.56. The molecule has 1 spiro atoms. The first-order chi connectivity index (χ1) is 14.6. The molecule has 0 radical (unpaired) electrons. The van der Waals surface area contributed by atoms with Crippen molar-refractivity contribution in [2.24, 2.45) is 12.5 Å². The van der Waals surface area contributed by atoms with Crippen molar-refractivity contribution in [3.8, 4) is 28.6 Å². The molecule has 0 bridgehead atoms. The highest BCUT2D eigenvalue weighted by Gasteiger charge is 2.46. The molecule has 3 heterocycles. The van der Waals surface area contributed by atoms with Crippen LogP contribution in [0.25, 0.3) is 22.5 Å². The van der Waals surface area contributed by atoms with Crippen LogP contribution in [0.3, 0.4) is 0 Å². The molecule has 0 saturated carbocycles. The van der Waals surface area contributed by atoms with Gasteiger partial charge in [-0.3, -0.25) is 9.78 Å². The number of ketones is 1. The lowest BCUT2D eigenvalue weighted by Crippen LogP contribution is -2.57. The van der Waals surface area contributed by atoms with E-state index in [-0.39, 0.29) is 5.41 Å². The van der Waals surface area contributed by atoms with Crippen molar-refractivity contribution in [3.05, 3.63) is 64.5 Å². The smallest absolute Gasteiger partial charge is 0.165 e. The van der Waals surface area contributed by atoms with Crippen LogP contribution < -0.4 is 5.32 Å². The highest BCUT2D eigenvalue weighted by molar-refractivity contribution is 6.03. The van der Waals surface area contributed by atoms with E-state index in [0.717, 1.165) is 49.2 Å². The molecule has 1 aromatic carbocycles. The molecule has 5 nitrogen and oxygen atoms in total. The van der Waals surface area contributed by atoms with Gasteiger partial charge in [0.25, 0.3) is 0 Å². The lowest BCUT2D eigenvalue weighted by molar-refractivity contribution is 0.0782. The van der Waals surface area contributed by atoms with Crippen LogP contribution in [0.4, 0.5) is 0 Å². The fraction of sp³-hybridized carbons (Fsp3) is 0.320. The van der Waals surface area contributed by atoms with Crippen LogP contribution >= 0.6 is 0 Å². The van der Waals surface area contributed by atoms with Crippen molar-refractivity contribution in [2.45, 2.75) is 25.7 Å². The molecular formula is C25H22N4O. The maximum Gasteiger partial charge on any atom is 0.165 e. The van der Waals surface area contributed by atoms with Gasteiger partial charge in [0.05, 0.1) is 23.0 Å². The van der Waals surface area contributed by atoms with Gasteiger partial charge in [0.1, 0.15) is 0 Å². The first kappa shape index (κ1) is 17.6. The lowest BCUT2D eigenvalue weighted by atomic mass is 9.68. The first-order valence-corrected chi connectivity index (χ1v) is 10.5. The number of rotatable bonds is 1. The standard InChI is InChI=1S/C25H22N4O/c1-29-21-9-25(13-27-14-25)10-22(30)23(21)18-6-5-17-12-28-20(8-19(17)24(18)29)16-4-2-3-15(7-16)11-26/h2-4,7-8,12,27H,5-6,9-10,13-14H2,1H3. The summed E-state index contributed by atoms with van der Waals surface area (Å²) in [7, 11) is 2.11. The van der Waals surface area contributed by atoms with Gasteiger partial charge in [-0.2, -0.15) is 5.26 Å². The van der Waals surface area contributed by atoms with Crippen LogP contribution in [0.15, 0.2) is 36.5 Å². The Hall–Kier alpha value is -3.23. The second-order valence-electron chi connectivity index (χ2n) is 9.01. The molecule has 3 aliphatic rings. The predicted molar refractivity (Wildman–Crippen MR) is 114 cm³/mol. The zero-order valence-corrected chi connectivity index (χ0v) is 17.0. The number of fused-ring (bicyclic) bond motifs is 5. The molecule has 0 unspecified atom stereocenters. The Labute approximate surface area is 175 Å². The van der Waals surface area contributed by atoms with E-state index in [1.54, 1.807) is 0 Å². The first-order valence-electron chi connectivity index (χ1n) is 10.5. The van der Waals surface area contributed by atoms with E-state index in [0.29, 0.717) is 17.8 Å². The van der Waals surface area contributed by atoms with Crippen LogP contribution in [0.1, 0.15) is 39.2 Å². The second-order valence-corrected chi connectivity index (χ2v) is 9.01. The van der Waals surface area contributed by atoms with Crippen molar-refractivity contribution in [3.63, 3.8) is 0 Å². The van der Waals surface area contributed by atoms with Gasteiger partial charge in [-0.15, -0.1) is 0 Å². The molecule has 0 amide bonds. The Morgan fingerprint density at radius 1 is 1.20 bits per heavy atom. The summed E-state index contributed by atoms with van der Waals surface area (Å²) in [6, 6.07) is 11.9. The van der Waals surface area contributed by atoms with Gasteiger partial charge in [-0.25, -0.2) is 0 Å². The van der Waals surface area contributed by atoms with E-state index in [1.807, 2.05) is 30.5 Å². The molecule has 1 aliphatic heterocycles. The van der Waals surface area contributed by atoms with Gasteiger partial charge >= 0.3 is 0 Å². The molecule has 0 atom stereocenters. The lowest BCUT2D eigenvalue weighted by Gasteiger charge is -2.45. The average molecular weight is 394 g/mol. The number of aromatic nitrogens is 2. The molecule has 5 heteroatoms. The molecule has 1 fully saturated rings. The number of pyridine rings is 1. The van der Waals surface area contributed by atoms with Gasteiger partial charge < -0.3 is 9.88 Å². The summed E-state index contributed by atoms with van der Waals surface area (Å²) >= 11 is 0. The molecule has 3 aromatic rings. The Morgan fingerprint density at radius 3 is 2.83 bits per heavy atom. The van der Waals surface area contributed by atoms with Crippen molar-refractivity contribution >= 4 is 5.78 Å². The number of aryl methyl sites for hydroxylation is 1. The molecule has 1 saturated heterocycles. The monoisotopic (exact) mass is 394 g/mol. The van der Waals surface area contributed by atoms with E-state index >= 15 is 0 Å². The van der Waals surface area contributed by atoms with E-state index in [9.17, 15) is 10.1 Å². The number of nitrogens with zero attached hydrogens (tertiary/aromatic N) is 3. The zero-order chi connectivity index (χ0) is 20.5. The van der Waals surface area contributed by atoms with E-state index in [4.69, 9.17) is 0 Å². The van der Waals surface area contributed by atoms with Gasteiger partial charge in [0.15, 0.2) is 5.78 Å². The van der Waals surface area contributed by atoms with Gasteiger partial charge in [0.2, 0.25) is 0 Å². The van der Waals surface area contributed by atoms with Crippen LogP contribution in [-0.2, 0) is 26.3 Å². The molecule has 30 heavy (non-hydrogen) atoms. The van der Waals surface area contributed by atoms with Crippen LogP contribution in [0, 0.1) is 16.7 Å². The normalized spacial score (nSPS) is 18.2. The summed E-state index contributed by atoms with van der Waals surface area (Å²) in [5, 5.41) is 12.6. The quantitative estimate of drug-likeness (QED) is 0.686. The maximum absolute atomic E-state index is 13.2. The van der Waals surface area contributed by atoms with Gasteiger partial charge in [0, 0.05) is 60.6 Å². The van der Waals surface area contributed by atoms with Gasteiger partial charge in [-0.1, -0.05) is 12.1 Å². The van der Waals surface area contributed by atoms with Crippen molar-refractivity contribution in [1.29, 1.82) is 5.26 Å². The number of carbonyl (C=O) groups is 1. The number of Topliss-reactive ketones (excluding diaryl/α,β-unsaturated/α-hetero) is 1. The number of hydrogen-bond acceptors (Lipinski definition) is 4. The van der Waals surface area contributed by atoms with E-state index < -0.39 is 0 Å². The number of hydrogen-bond donors (Lipinski definition) is 1. The Morgan fingerprint density at radius 2 is 2.07 bits per heavy atom. The third-order valence-corrected chi connectivity index (χ3v) is 7.15. The summed E-state index contributed by atoms with van der Waals surface area (Å²) < 4.78 is 2.27. The van der Waals surface area contributed by atoms with Crippen LogP contribution in [0.5, 0.6) is 0 Å². The topological polar surface area (TPSA) is 70.7 Å².